The van der Waals surface area contributed by atoms with Gasteiger partial charge in [-0.05, 0) is 56.5 Å². The van der Waals surface area contributed by atoms with Gasteiger partial charge in [0.25, 0.3) is 0 Å². The number of pyridine rings is 1. The number of benzene rings is 1. The van der Waals surface area contributed by atoms with E-state index in [1.807, 2.05) is 29.8 Å². The van der Waals surface area contributed by atoms with Crippen molar-refractivity contribution >= 4 is 5.69 Å². The molecule has 0 amide bonds. The van der Waals surface area contributed by atoms with E-state index in [0.29, 0.717) is 6.54 Å². The van der Waals surface area contributed by atoms with E-state index in [1.165, 1.54) is 11.1 Å². The van der Waals surface area contributed by atoms with Gasteiger partial charge in [-0.15, -0.1) is 0 Å². The van der Waals surface area contributed by atoms with Crippen LogP contribution in [0.3, 0.4) is 0 Å². The molecule has 3 aromatic rings. The van der Waals surface area contributed by atoms with Gasteiger partial charge in [-0.25, -0.2) is 9.67 Å². The molecule has 3 N–H and O–H groups in total. The lowest BCUT2D eigenvalue weighted by Gasteiger charge is -2.34. The van der Waals surface area contributed by atoms with Gasteiger partial charge in [0.1, 0.15) is 0 Å². The minimum absolute atomic E-state index is 0.300. The highest BCUT2D eigenvalue weighted by Gasteiger charge is 2.30. The number of nitrogens with one attached hydrogen (secondary N) is 1. The third-order valence-corrected chi connectivity index (χ3v) is 5.60. The standard InChI is InChI=1S/C22H27N5O/c1-16-20(17(2)27(26-16)21-8-3-4-11-24-21)15-25-19-7-5-6-18(14-19)22(23)9-12-28-13-10-22/h3-8,11,14,25H,9-10,12-13,15,23H2,1-2H3. The van der Waals surface area contributed by atoms with Gasteiger partial charge in [0.05, 0.1) is 5.69 Å². The number of aryl methyl sites for hydroxylation is 1. The Hall–Kier alpha value is -2.70. The molecule has 1 fully saturated rings. The number of hydrogen-bond donors (Lipinski definition) is 2. The molecule has 0 radical (unpaired) electrons. The monoisotopic (exact) mass is 377 g/mol. The van der Waals surface area contributed by atoms with E-state index in [1.54, 1.807) is 6.20 Å². The maximum Gasteiger partial charge on any atom is 0.153 e. The van der Waals surface area contributed by atoms with E-state index in [-0.39, 0.29) is 5.54 Å². The highest BCUT2D eigenvalue weighted by molar-refractivity contribution is 5.49. The minimum Gasteiger partial charge on any atom is -0.381 e. The summed E-state index contributed by atoms with van der Waals surface area (Å²) in [5.74, 6) is 0.834. The van der Waals surface area contributed by atoms with Crippen LogP contribution in [0.2, 0.25) is 0 Å². The molecule has 6 heteroatoms. The van der Waals surface area contributed by atoms with Crippen molar-refractivity contribution in [2.45, 2.75) is 38.8 Å². The normalized spacial score (nSPS) is 16.1. The van der Waals surface area contributed by atoms with Crippen LogP contribution in [0.4, 0.5) is 5.69 Å². The molecule has 28 heavy (non-hydrogen) atoms. The number of hydrogen-bond acceptors (Lipinski definition) is 5. The molecule has 0 aliphatic carbocycles. The molecule has 2 aromatic heterocycles. The van der Waals surface area contributed by atoms with Gasteiger partial charge in [-0.1, -0.05) is 18.2 Å². The summed E-state index contributed by atoms with van der Waals surface area (Å²) in [6, 6.07) is 14.3. The Kier molecular flexibility index (Phi) is 5.15. The minimum atomic E-state index is -0.300. The second-order valence-corrected chi connectivity index (χ2v) is 7.45. The summed E-state index contributed by atoms with van der Waals surface area (Å²) in [7, 11) is 0. The van der Waals surface area contributed by atoms with E-state index in [4.69, 9.17) is 10.5 Å². The van der Waals surface area contributed by atoms with Crippen LogP contribution in [0, 0.1) is 13.8 Å². The van der Waals surface area contributed by atoms with Crippen LogP contribution in [-0.4, -0.2) is 28.0 Å². The molecule has 6 nitrogen and oxygen atoms in total. The van der Waals surface area contributed by atoms with Crippen LogP contribution in [-0.2, 0) is 16.8 Å². The number of ether oxygens (including phenoxy) is 1. The molecular weight excluding hydrogens is 350 g/mol. The molecule has 1 aromatic carbocycles. The molecule has 1 saturated heterocycles. The SMILES string of the molecule is Cc1nn(-c2ccccn2)c(C)c1CNc1cccc(C2(N)CCOCC2)c1. The fourth-order valence-electron chi connectivity index (χ4n) is 3.79. The summed E-state index contributed by atoms with van der Waals surface area (Å²) in [5.41, 5.74) is 11.9. The van der Waals surface area contributed by atoms with E-state index in [0.717, 1.165) is 48.9 Å². The number of rotatable bonds is 5. The predicted molar refractivity (Wildman–Crippen MR) is 111 cm³/mol. The predicted octanol–water partition coefficient (Wildman–Crippen LogP) is 3.46. The zero-order valence-electron chi connectivity index (χ0n) is 16.5. The van der Waals surface area contributed by atoms with Crippen molar-refractivity contribution in [3.63, 3.8) is 0 Å². The molecule has 0 saturated carbocycles. The lowest BCUT2D eigenvalue weighted by Crippen LogP contribution is -2.42. The second kappa shape index (κ2) is 7.73. The van der Waals surface area contributed by atoms with Crippen molar-refractivity contribution in [2.75, 3.05) is 18.5 Å². The van der Waals surface area contributed by atoms with E-state index >= 15 is 0 Å². The Labute approximate surface area is 165 Å². The van der Waals surface area contributed by atoms with Crippen LogP contribution in [0.1, 0.15) is 35.4 Å². The Morgan fingerprint density at radius 1 is 1.14 bits per heavy atom. The largest absolute Gasteiger partial charge is 0.381 e. The molecule has 0 unspecified atom stereocenters. The smallest absolute Gasteiger partial charge is 0.153 e. The van der Waals surface area contributed by atoms with Gasteiger partial charge in [-0.2, -0.15) is 5.10 Å². The Bertz CT molecular complexity index is 945. The third kappa shape index (κ3) is 3.66. The fourth-order valence-corrected chi connectivity index (χ4v) is 3.79. The van der Waals surface area contributed by atoms with Crippen molar-refractivity contribution in [1.29, 1.82) is 0 Å². The first-order valence-electron chi connectivity index (χ1n) is 9.74. The van der Waals surface area contributed by atoms with Gasteiger partial charge in [0.15, 0.2) is 5.82 Å². The topological polar surface area (TPSA) is 78.0 Å². The van der Waals surface area contributed by atoms with Crippen molar-refractivity contribution in [3.8, 4) is 5.82 Å². The first kappa shape index (κ1) is 18.7. The molecule has 146 valence electrons. The van der Waals surface area contributed by atoms with E-state index < -0.39 is 0 Å². The van der Waals surface area contributed by atoms with Gasteiger partial charge < -0.3 is 15.8 Å². The van der Waals surface area contributed by atoms with Crippen molar-refractivity contribution in [2.24, 2.45) is 5.73 Å². The fraction of sp³-hybridized carbons (Fsp3) is 0.364. The second-order valence-electron chi connectivity index (χ2n) is 7.45. The van der Waals surface area contributed by atoms with Crippen LogP contribution in [0.5, 0.6) is 0 Å². The van der Waals surface area contributed by atoms with Crippen LogP contribution in [0.25, 0.3) is 5.82 Å². The number of nitrogens with zero attached hydrogens (tertiary/aromatic N) is 3. The Balaban J connectivity index is 1.53. The van der Waals surface area contributed by atoms with Crippen molar-refractivity contribution in [1.82, 2.24) is 14.8 Å². The number of anilines is 1. The van der Waals surface area contributed by atoms with Crippen LogP contribution < -0.4 is 11.1 Å². The summed E-state index contributed by atoms with van der Waals surface area (Å²) < 4.78 is 7.38. The third-order valence-electron chi connectivity index (χ3n) is 5.60. The lowest BCUT2D eigenvalue weighted by atomic mass is 9.83. The summed E-state index contributed by atoms with van der Waals surface area (Å²) in [4.78, 5) is 4.41. The molecule has 0 bridgehead atoms. The average molecular weight is 377 g/mol. The van der Waals surface area contributed by atoms with Gasteiger partial charge >= 0.3 is 0 Å². The van der Waals surface area contributed by atoms with Gasteiger partial charge in [0.2, 0.25) is 0 Å². The molecule has 1 aliphatic heterocycles. The summed E-state index contributed by atoms with van der Waals surface area (Å²) in [5, 5.41) is 8.22. The zero-order chi connectivity index (χ0) is 19.6. The lowest BCUT2D eigenvalue weighted by molar-refractivity contribution is 0.0523. The van der Waals surface area contributed by atoms with Crippen LogP contribution >= 0.6 is 0 Å². The van der Waals surface area contributed by atoms with Crippen molar-refractivity contribution < 1.29 is 4.74 Å². The molecular formula is C22H27N5O. The number of nitrogens with two attached hydrogens (primary N) is 1. The van der Waals surface area contributed by atoms with Crippen molar-refractivity contribution in [3.05, 3.63) is 71.2 Å². The summed E-state index contributed by atoms with van der Waals surface area (Å²) in [6.07, 6.45) is 3.49. The first-order valence-corrected chi connectivity index (χ1v) is 9.74. The highest BCUT2D eigenvalue weighted by Crippen LogP contribution is 2.31. The van der Waals surface area contributed by atoms with Gasteiger partial charge in [-0.3, -0.25) is 0 Å². The molecule has 3 heterocycles. The Morgan fingerprint density at radius 2 is 1.96 bits per heavy atom. The van der Waals surface area contributed by atoms with E-state index in [9.17, 15) is 0 Å². The quantitative estimate of drug-likeness (QED) is 0.712. The highest BCUT2D eigenvalue weighted by atomic mass is 16.5. The molecule has 4 rings (SSSR count). The summed E-state index contributed by atoms with van der Waals surface area (Å²) in [6.45, 7) is 6.27. The van der Waals surface area contributed by atoms with E-state index in [2.05, 4.69) is 46.6 Å². The number of aromatic nitrogens is 3. The Morgan fingerprint density at radius 3 is 2.71 bits per heavy atom. The maximum atomic E-state index is 6.64. The zero-order valence-corrected chi connectivity index (χ0v) is 16.5. The average Bonchev–Trinajstić information content (AvgIpc) is 3.01. The maximum absolute atomic E-state index is 6.64. The molecule has 0 spiro atoms. The first-order chi connectivity index (χ1) is 13.6. The van der Waals surface area contributed by atoms with Gasteiger partial charge in [0, 0.05) is 48.4 Å². The van der Waals surface area contributed by atoms with Crippen LogP contribution in [0.15, 0.2) is 48.7 Å². The molecule has 1 aliphatic rings. The molecule has 0 atom stereocenters. The summed E-state index contributed by atoms with van der Waals surface area (Å²) >= 11 is 0.